The van der Waals surface area contributed by atoms with Gasteiger partial charge in [0.05, 0.1) is 25.7 Å². The molecule has 1 heterocycles. The van der Waals surface area contributed by atoms with Gasteiger partial charge in [-0.15, -0.1) is 0 Å². The number of methoxy groups -OCH3 is 2. The Morgan fingerprint density at radius 3 is 2.10 bits per heavy atom. The molecule has 2 aromatic carbocycles. The van der Waals surface area contributed by atoms with E-state index in [2.05, 4.69) is 5.32 Å². The quantitative estimate of drug-likeness (QED) is 0.719. The van der Waals surface area contributed by atoms with E-state index in [1.165, 1.54) is 11.4 Å². The molecule has 8 nitrogen and oxygen atoms in total. The molecule has 0 atom stereocenters. The van der Waals surface area contributed by atoms with E-state index < -0.39 is 10.0 Å². The van der Waals surface area contributed by atoms with Crippen molar-refractivity contribution in [3.8, 4) is 11.5 Å². The highest BCUT2D eigenvalue weighted by Crippen LogP contribution is 2.21. The number of nitrogens with one attached hydrogen (secondary N) is 1. The SMILES string of the molecule is COc1ccc(NC(=O)CN2CCCN(S(=O)(=O)c3ccc(OC)cc3)CC2)cc1. The zero-order valence-electron chi connectivity index (χ0n) is 17.2. The Bertz CT molecular complexity index is 946. The lowest BCUT2D eigenvalue weighted by atomic mass is 10.3. The Kier molecular flexibility index (Phi) is 7.30. The van der Waals surface area contributed by atoms with Gasteiger partial charge in [-0.25, -0.2) is 8.42 Å². The van der Waals surface area contributed by atoms with Gasteiger partial charge in [-0.1, -0.05) is 0 Å². The molecule has 1 N–H and O–H groups in total. The first-order valence-electron chi connectivity index (χ1n) is 9.73. The first-order chi connectivity index (χ1) is 14.4. The molecule has 9 heteroatoms. The first kappa shape index (κ1) is 22.1. The summed E-state index contributed by atoms with van der Waals surface area (Å²) in [6, 6.07) is 13.5. The minimum absolute atomic E-state index is 0.133. The zero-order chi connectivity index (χ0) is 21.6. The van der Waals surface area contributed by atoms with Gasteiger partial charge < -0.3 is 14.8 Å². The predicted molar refractivity (Wildman–Crippen MR) is 114 cm³/mol. The minimum atomic E-state index is -3.58. The molecule has 0 aliphatic carbocycles. The normalized spacial score (nSPS) is 15.9. The molecule has 1 amide bonds. The van der Waals surface area contributed by atoms with Gasteiger partial charge in [-0.3, -0.25) is 9.69 Å². The fraction of sp³-hybridized carbons (Fsp3) is 0.381. The molecule has 162 valence electrons. The molecule has 2 aromatic rings. The number of amides is 1. The Hall–Kier alpha value is -2.62. The lowest BCUT2D eigenvalue weighted by molar-refractivity contribution is -0.117. The van der Waals surface area contributed by atoms with E-state index in [-0.39, 0.29) is 17.3 Å². The molecule has 1 aliphatic rings. The van der Waals surface area contributed by atoms with Crippen molar-refractivity contribution in [2.24, 2.45) is 0 Å². The monoisotopic (exact) mass is 433 g/mol. The van der Waals surface area contributed by atoms with Crippen LogP contribution >= 0.6 is 0 Å². The highest BCUT2D eigenvalue weighted by Gasteiger charge is 2.27. The highest BCUT2D eigenvalue weighted by molar-refractivity contribution is 7.89. The summed E-state index contributed by atoms with van der Waals surface area (Å²) in [7, 11) is -0.451. The molecule has 0 unspecified atom stereocenters. The number of nitrogens with zero attached hydrogens (tertiary/aromatic N) is 2. The molecule has 1 aliphatic heterocycles. The van der Waals surface area contributed by atoms with Crippen molar-refractivity contribution in [2.45, 2.75) is 11.3 Å². The van der Waals surface area contributed by atoms with Crippen molar-refractivity contribution in [3.63, 3.8) is 0 Å². The number of hydrogen-bond acceptors (Lipinski definition) is 6. The van der Waals surface area contributed by atoms with E-state index in [9.17, 15) is 13.2 Å². The van der Waals surface area contributed by atoms with Crippen LogP contribution in [0.3, 0.4) is 0 Å². The summed E-state index contributed by atoms with van der Waals surface area (Å²) in [6.45, 7) is 2.12. The number of sulfonamides is 1. The third-order valence-electron chi connectivity index (χ3n) is 4.99. The second kappa shape index (κ2) is 9.92. The van der Waals surface area contributed by atoms with Crippen LogP contribution in [0.1, 0.15) is 6.42 Å². The number of rotatable bonds is 7. The molecule has 1 fully saturated rings. The molecule has 0 saturated carbocycles. The van der Waals surface area contributed by atoms with Gasteiger partial charge in [0, 0.05) is 25.3 Å². The summed E-state index contributed by atoms with van der Waals surface area (Å²) >= 11 is 0. The summed E-state index contributed by atoms with van der Waals surface area (Å²) in [5.41, 5.74) is 0.694. The van der Waals surface area contributed by atoms with Crippen LogP contribution in [0.15, 0.2) is 53.4 Å². The number of anilines is 1. The number of carbonyl (C=O) groups excluding carboxylic acids is 1. The van der Waals surface area contributed by atoms with Gasteiger partial charge >= 0.3 is 0 Å². The largest absolute Gasteiger partial charge is 0.497 e. The summed E-state index contributed by atoms with van der Waals surface area (Å²) in [5, 5.41) is 2.86. The minimum Gasteiger partial charge on any atom is -0.497 e. The molecule has 1 saturated heterocycles. The second-order valence-electron chi connectivity index (χ2n) is 6.99. The van der Waals surface area contributed by atoms with Crippen LogP contribution in [-0.2, 0) is 14.8 Å². The van der Waals surface area contributed by atoms with Crippen LogP contribution in [0.2, 0.25) is 0 Å². The van der Waals surface area contributed by atoms with E-state index in [1.54, 1.807) is 55.6 Å². The maximum atomic E-state index is 12.9. The van der Waals surface area contributed by atoms with Crippen molar-refractivity contribution >= 4 is 21.6 Å². The average Bonchev–Trinajstić information content (AvgIpc) is 3.00. The molecule has 0 radical (unpaired) electrons. The number of carbonyl (C=O) groups is 1. The van der Waals surface area contributed by atoms with Crippen LogP contribution in [-0.4, -0.2) is 70.5 Å². The van der Waals surface area contributed by atoms with Crippen LogP contribution in [0.4, 0.5) is 5.69 Å². The van der Waals surface area contributed by atoms with Gasteiger partial charge in [0.2, 0.25) is 15.9 Å². The maximum absolute atomic E-state index is 12.9. The molecule has 30 heavy (non-hydrogen) atoms. The molecular formula is C21H27N3O5S. The zero-order valence-corrected chi connectivity index (χ0v) is 18.0. The maximum Gasteiger partial charge on any atom is 0.243 e. The second-order valence-corrected chi connectivity index (χ2v) is 8.92. The lowest BCUT2D eigenvalue weighted by Crippen LogP contribution is -2.38. The van der Waals surface area contributed by atoms with Gasteiger partial charge in [0.15, 0.2) is 0 Å². The van der Waals surface area contributed by atoms with Gasteiger partial charge in [0.1, 0.15) is 11.5 Å². The number of hydrogen-bond donors (Lipinski definition) is 1. The van der Waals surface area contributed by atoms with Gasteiger partial charge in [-0.2, -0.15) is 4.31 Å². The van der Waals surface area contributed by atoms with Crippen LogP contribution in [0, 0.1) is 0 Å². The van der Waals surface area contributed by atoms with E-state index in [0.717, 1.165) is 5.75 Å². The first-order valence-corrected chi connectivity index (χ1v) is 11.2. The van der Waals surface area contributed by atoms with Crippen molar-refractivity contribution in [1.29, 1.82) is 0 Å². The fourth-order valence-electron chi connectivity index (χ4n) is 3.32. The molecule has 0 spiro atoms. The molecular weight excluding hydrogens is 406 g/mol. The molecule has 0 bridgehead atoms. The van der Waals surface area contributed by atoms with E-state index in [4.69, 9.17) is 9.47 Å². The fourth-order valence-corrected chi connectivity index (χ4v) is 4.79. The molecule has 3 rings (SSSR count). The van der Waals surface area contributed by atoms with Crippen molar-refractivity contribution in [1.82, 2.24) is 9.21 Å². The van der Waals surface area contributed by atoms with Crippen molar-refractivity contribution in [2.75, 3.05) is 52.3 Å². The Morgan fingerprint density at radius 1 is 0.900 bits per heavy atom. The molecule has 0 aromatic heterocycles. The summed E-state index contributed by atoms with van der Waals surface area (Å²) < 4.78 is 37.6. The van der Waals surface area contributed by atoms with Crippen LogP contribution < -0.4 is 14.8 Å². The van der Waals surface area contributed by atoms with Crippen LogP contribution in [0.25, 0.3) is 0 Å². The topological polar surface area (TPSA) is 88.2 Å². The average molecular weight is 434 g/mol. The highest BCUT2D eigenvalue weighted by atomic mass is 32.2. The third-order valence-corrected chi connectivity index (χ3v) is 6.90. The third kappa shape index (κ3) is 5.50. The van der Waals surface area contributed by atoms with Gasteiger partial charge in [-0.05, 0) is 61.5 Å². The number of benzene rings is 2. The number of ether oxygens (including phenoxy) is 2. The Morgan fingerprint density at radius 2 is 1.50 bits per heavy atom. The standard InChI is InChI=1S/C21H27N3O5S/c1-28-18-6-4-17(5-7-18)22-21(25)16-23-12-3-13-24(15-14-23)30(26,27)20-10-8-19(29-2)9-11-20/h4-11H,3,12-16H2,1-2H3,(H,22,25). The summed E-state index contributed by atoms with van der Waals surface area (Å²) in [6.07, 6.45) is 0.658. The van der Waals surface area contributed by atoms with Crippen molar-refractivity contribution in [3.05, 3.63) is 48.5 Å². The summed E-state index contributed by atoms with van der Waals surface area (Å²) in [4.78, 5) is 14.6. The lowest BCUT2D eigenvalue weighted by Gasteiger charge is -2.21. The Labute approximate surface area is 177 Å². The van der Waals surface area contributed by atoms with E-state index >= 15 is 0 Å². The smallest absolute Gasteiger partial charge is 0.243 e. The summed E-state index contributed by atoms with van der Waals surface area (Å²) in [5.74, 6) is 1.20. The predicted octanol–water partition coefficient (Wildman–Crippen LogP) is 2.04. The Balaban J connectivity index is 1.56. The van der Waals surface area contributed by atoms with E-state index in [0.29, 0.717) is 44.0 Å². The van der Waals surface area contributed by atoms with Crippen LogP contribution in [0.5, 0.6) is 11.5 Å². The van der Waals surface area contributed by atoms with Crippen molar-refractivity contribution < 1.29 is 22.7 Å². The van der Waals surface area contributed by atoms with E-state index in [1.807, 2.05) is 4.90 Å². The van der Waals surface area contributed by atoms with Gasteiger partial charge in [0.25, 0.3) is 0 Å².